The Morgan fingerprint density at radius 3 is 2.35 bits per heavy atom. The van der Waals surface area contributed by atoms with Gasteiger partial charge in [0.15, 0.2) is 12.4 Å². The van der Waals surface area contributed by atoms with Crippen molar-refractivity contribution in [1.29, 1.82) is 0 Å². The molecule has 3 unspecified atom stereocenters. The smallest absolute Gasteiger partial charge is 0.424 e. The van der Waals surface area contributed by atoms with Gasteiger partial charge in [0.05, 0.1) is 31.0 Å². The highest BCUT2D eigenvalue weighted by molar-refractivity contribution is 5.63. The summed E-state index contributed by atoms with van der Waals surface area (Å²) in [5.41, 5.74) is -0.910. The summed E-state index contributed by atoms with van der Waals surface area (Å²) in [5, 5.41) is 34.1. The Kier molecular flexibility index (Phi) is 8.02. The molecule has 0 aromatic carbocycles. The molecule has 8 aliphatic rings. The second-order valence-electron chi connectivity index (χ2n) is 19.0. The average molecular weight is 693 g/mol. The summed E-state index contributed by atoms with van der Waals surface area (Å²) in [6.07, 6.45) is 2.02. The Balaban J connectivity index is 1.02. The molecule has 3 heterocycles. The molecule has 0 bridgehead atoms. The van der Waals surface area contributed by atoms with E-state index in [4.69, 9.17) is 33.2 Å². The van der Waals surface area contributed by atoms with Crippen LogP contribution in [0.25, 0.3) is 0 Å². The van der Waals surface area contributed by atoms with E-state index >= 15 is 0 Å². The van der Waals surface area contributed by atoms with Gasteiger partial charge in [-0.25, -0.2) is 4.79 Å². The summed E-state index contributed by atoms with van der Waals surface area (Å²) < 4.78 is 41.2. The van der Waals surface area contributed by atoms with Crippen molar-refractivity contribution < 1.29 is 53.3 Å². The summed E-state index contributed by atoms with van der Waals surface area (Å²) in [6.45, 7) is 15.6. The van der Waals surface area contributed by atoms with E-state index < -0.39 is 48.6 Å². The number of rotatable bonds is 6. The van der Waals surface area contributed by atoms with Gasteiger partial charge in [-0.2, -0.15) is 0 Å². The molecule has 278 valence electrons. The molecule has 0 aromatic rings. The Morgan fingerprint density at radius 2 is 1.65 bits per heavy atom. The molecule has 3 aliphatic heterocycles. The maximum atomic E-state index is 12.6. The predicted molar refractivity (Wildman–Crippen MR) is 175 cm³/mol. The molecule has 5 aliphatic carbocycles. The van der Waals surface area contributed by atoms with E-state index in [1.807, 2.05) is 13.8 Å². The Labute approximate surface area is 291 Å². The molecule has 0 aromatic heterocycles. The van der Waals surface area contributed by atoms with Crippen LogP contribution in [0.4, 0.5) is 4.79 Å². The van der Waals surface area contributed by atoms with Gasteiger partial charge >= 0.3 is 6.16 Å². The van der Waals surface area contributed by atoms with Gasteiger partial charge in [0.1, 0.15) is 30.7 Å². The third kappa shape index (κ3) is 4.52. The van der Waals surface area contributed by atoms with Crippen molar-refractivity contribution in [2.75, 3.05) is 20.5 Å². The monoisotopic (exact) mass is 692 g/mol. The molecule has 8 fully saturated rings. The van der Waals surface area contributed by atoms with E-state index in [0.717, 1.165) is 38.5 Å². The highest BCUT2D eigenvalue weighted by atomic mass is 16.8. The molecule has 11 heteroatoms. The van der Waals surface area contributed by atoms with E-state index in [2.05, 4.69) is 34.6 Å². The largest absolute Gasteiger partial charge is 0.509 e. The van der Waals surface area contributed by atoms with Crippen LogP contribution in [0.2, 0.25) is 0 Å². The van der Waals surface area contributed by atoms with Crippen LogP contribution in [0.15, 0.2) is 0 Å². The third-order valence-corrected chi connectivity index (χ3v) is 16.5. The molecule has 11 nitrogen and oxygen atoms in total. The van der Waals surface area contributed by atoms with E-state index in [1.165, 1.54) is 20.0 Å². The quantitative estimate of drug-likeness (QED) is 0.205. The van der Waals surface area contributed by atoms with Crippen LogP contribution in [0, 0.1) is 50.7 Å². The molecule has 0 radical (unpaired) electrons. The van der Waals surface area contributed by atoms with Crippen LogP contribution >= 0.6 is 0 Å². The number of methoxy groups -OCH3 is 1. The summed E-state index contributed by atoms with van der Waals surface area (Å²) >= 11 is 0. The predicted octanol–water partition coefficient (Wildman–Crippen LogP) is 4.57. The van der Waals surface area contributed by atoms with Crippen molar-refractivity contribution in [3.05, 3.63) is 0 Å². The van der Waals surface area contributed by atoms with Crippen LogP contribution in [-0.2, 0) is 33.2 Å². The zero-order chi connectivity index (χ0) is 35.1. The first-order valence-electron chi connectivity index (χ1n) is 19.0. The lowest BCUT2D eigenvalue weighted by molar-refractivity contribution is -0.313. The van der Waals surface area contributed by atoms with E-state index in [-0.39, 0.29) is 64.7 Å². The van der Waals surface area contributed by atoms with Gasteiger partial charge in [0, 0.05) is 12.5 Å². The maximum absolute atomic E-state index is 12.6. The lowest BCUT2D eigenvalue weighted by atomic mass is 9.41. The van der Waals surface area contributed by atoms with Gasteiger partial charge in [-0.05, 0) is 111 Å². The molecule has 2 spiro atoms. The van der Waals surface area contributed by atoms with E-state index in [0.29, 0.717) is 17.8 Å². The van der Waals surface area contributed by atoms with Gasteiger partial charge in [-0.3, -0.25) is 0 Å². The molecule has 5 saturated carbocycles. The number of hydrogen-bond donors (Lipinski definition) is 3. The van der Waals surface area contributed by atoms with Gasteiger partial charge in [0.25, 0.3) is 0 Å². The van der Waals surface area contributed by atoms with Crippen molar-refractivity contribution in [3.8, 4) is 0 Å². The minimum absolute atomic E-state index is 0.0306. The fourth-order valence-corrected chi connectivity index (χ4v) is 14.2. The zero-order valence-electron chi connectivity index (χ0n) is 30.7. The third-order valence-electron chi connectivity index (χ3n) is 16.5. The number of aliphatic hydroxyl groups excluding tert-OH is 3. The molecule has 17 atom stereocenters. The molecule has 3 N–H and O–H groups in total. The first-order valence-corrected chi connectivity index (χ1v) is 19.0. The summed E-state index contributed by atoms with van der Waals surface area (Å²) in [4.78, 5) is 12.2. The molecule has 8 rings (SSSR count). The Bertz CT molecular complexity index is 1320. The standard InChI is InChI=1S/C38H60O11/c1-19-15-21(30-34(4,5)49-32(42)48-30)46-28-25(19)35(6)13-14-38-17-37(38)12-11-24(47-31-26(40)27(45-18-43-8)20(39)16-44-31)33(2,3)22(37)9-10-23(38)36(35,7)29(28)41/h19-31,39-41H,9-18H2,1-8H3/t19-,20-,21-,22+,23+,24+,25?,26-,27+,28?,29+,30+,31?,35-,36-,37-,38+/m1/s1. The molecule has 49 heavy (non-hydrogen) atoms. The van der Waals surface area contributed by atoms with Crippen molar-refractivity contribution in [2.24, 2.45) is 50.7 Å². The number of carbonyl (C=O) groups is 1. The fourth-order valence-electron chi connectivity index (χ4n) is 14.2. The minimum atomic E-state index is -1.12. The number of aliphatic hydroxyl groups is 3. The summed E-state index contributed by atoms with van der Waals surface area (Å²) in [7, 11) is 1.51. The van der Waals surface area contributed by atoms with Crippen molar-refractivity contribution in [1.82, 2.24) is 0 Å². The minimum Gasteiger partial charge on any atom is -0.424 e. The highest BCUT2D eigenvalue weighted by Gasteiger charge is 2.85. The molecule has 0 amide bonds. The van der Waals surface area contributed by atoms with Crippen LogP contribution in [0.1, 0.15) is 99.8 Å². The van der Waals surface area contributed by atoms with Gasteiger partial charge in [-0.15, -0.1) is 0 Å². The molecular formula is C38H60O11. The summed E-state index contributed by atoms with van der Waals surface area (Å²) in [6, 6.07) is 0. The van der Waals surface area contributed by atoms with Gasteiger partial charge in [-0.1, -0.05) is 34.6 Å². The number of carbonyl (C=O) groups excluding carboxylic acids is 1. The van der Waals surface area contributed by atoms with Crippen LogP contribution in [-0.4, -0.2) is 103 Å². The van der Waals surface area contributed by atoms with Crippen molar-refractivity contribution >= 4 is 6.16 Å². The first kappa shape index (κ1) is 35.0. The Hall–Kier alpha value is -1.05. The van der Waals surface area contributed by atoms with Crippen molar-refractivity contribution in [3.63, 3.8) is 0 Å². The second kappa shape index (κ2) is 11.2. The van der Waals surface area contributed by atoms with Crippen LogP contribution in [0.5, 0.6) is 0 Å². The number of ether oxygens (including phenoxy) is 7. The molecular weight excluding hydrogens is 632 g/mol. The van der Waals surface area contributed by atoms with Crippen LogP contribution < -0.4 is 0 Å². The van der Waals surface area contributed by atoms with E-state index in [9.17, 15) is 20.1 Å². The van der Waals surface area contributed by atoms with Gasteiger partial charge < -0.3 is 48.5 Å². The number of hydrogen-bond acceptors (Lipinski definition) is 11. The van der Waals surface area contributed by atoms with Crippen LogP contribution in [0.3, 0.4) is 0 Å². The summed E-state index contributed by atoms with van der Waals surface area (Å²) in [5.74, 6) is 1.39. The normalized spacial score (nSPS) is 56.7. The lowest BCUT2D eigenvalue weighted by Crippen LogP contribution is -2.61. The SMILES string of the molecule is COCO[C@H]1[C@H](O)COC(O[C@H]2CC[C@]34C[C@]35CC[C@]3(C)C6C(O[C@@H]([C@@H]7OC(=O)OC7(C)C)C[C@H]6C)[C@H](O)[C@@]3(C)[C@@H]5CC[C@H]4C2(C)C)[C@@H]1O. The number of fused-ring (bicyclic) bond motifs is 4. The van der Waals surface area contributed by atoms with Gasteiger partial charge in [0.2, 0.25) is 0 Å². The topological polar surface area (TPSA) is 142 Å². The van der Waals surface area contributed by atoms with E-state index in [1.54, 1.807) is 0 Å². The first-order chi connectivity index (χ1) is 23.0. The lowest BCUT2D eigenvalue weighted by Gasteiger charge is -2.64. The average Bonchev–Trinajstić information content (AvgIpc) is 3.56. The number of cyclic esters (lactones) is 2. The maximum Gasteiger partial charge on any atom is 0.509 e. The highest BCUT2D eigenvalue weighted by Crippen LogP contribution is 2.89. The fraction of sp³-hybridized carbons (Fsp3) is 0.974. The Morgan fingerprint density at radius 1 is 0.939 bits per heavy atom. The van der Waals surface area contributed by atoms with Crippen molar-refractivity contribution in [2.45, 2.75) is 161 Å². The zero-order valence-corrected chi connectivity index (χ0v) is 30.7. The molecule has 3 saturated heterocycles. The second-order valence-corrected chi connectivity index (χ2v) is 19.0.